The smallest absolute Gasteiger partial charge is 0.305 e. The molecule has 0 unspecified atom stereocenters. The summed E-state index contributed by atoms with van der Waals surface area (Å²) in [6, 6.07) is 9.01. The number of carbonyl (C=O) groups excluding carboxylic acids is 2. The predicted molar refractivity (Wildman–Crippen MR) is 153 cm³/mol. The van der Waals surface area contributed by atoms with Crippen molar-refractivity contribution in [1.29, 1.82) is 0 Å². The molecule has 2 heterocycles. The summed E-state index contributed by atoms with van der Waals surface area (Å²) in [5.41, 5.74) is 1.86. The lowest BCUT2D eigenvalue weighted by atomic mass is 10.1. The van der Waals surface area contributed by atoms with Crippen molar-refractivity contribution in [3.63, 3.8) is 0 Å². The second-order valence-electron chi connectivity index (χ2n) is 9.52. The van der Waals surface area contributed by atoms with Crippen molar-refractivity contribution in [3.05, 3.63) is 46.3 Å². The van der Waals surface area contributed by atoms with Crippen molar-refractivity contribution in [2.75, 3.05) is 34.0 Å². The number of nitrogens with zero attached hydrogens (tertiary/aromatic N) is 1. The molecular formula is C29H32N2O10S. The fourth-order valence-electron chi connectivity index (χ4n) is 4.45. The number of hydrogen-bond acceptors (Lipinski definition) is 9. The average Bonchev–Trinajstić information content (AvgIpc) is 3.58. The van der Waals surface area contributed by atoms with Crippen LogP contribution in [0.1, 0.15) is 46.5 Å². The molecule has 1 aliphatic rings. The molecule has 0 saturated carbocycles. The monoisotopic (exact) mass is 600 g/mol. The van der Waals surface area contributed by atoms with E-state index in [1.54, 1.807) is 30.2 Å². The van der Waals surface area contributed by atoms with Crippen LogP contribution in [-0.2, 0) is 27.5 Å². The first kappa shape index (κ1) is 30.4. The van der Waals surface area contributed by atoms with E-state index < -0.39 is 11.9 Å². The van der Waals surface area contributed by atoms with Gasteiger partial charge in [0.05, 0.1) is 45.2 Å². The highest BCUT2D eigenvalue weighted by atomic mass is 32.1. The van der Waals surface area contributed by atoms with Gasteiger partial charge in [-0.05, 0) is 40.8 Å². The van der Waals surface area contributed by atoms with Crippen LogP contribution in [0, 0.1) is 0 Å². The van der Waals surface area contributed by atoms with Gasteiger partial charge in [-0.25, -0.2) is 0 Å². The van der Waals surface area contributed by atoms with Crippen LogP contribution in [0.2, 0.25) is 0 Å². The number of aliphatic carboxylic acids is 2. The zero-order chi connectivity index (χ0) is 30.2. The first-order valence-electron chi connectivity index (χ1n) is 13.2. The molecule has 13 heteroatoms. The van der Waals surface area contributed by atoms with Gasteiger partial charge in [0.25, 0.3) is 5.91 Å². The van der Waals surface area contributed by atoms with Crippen LogP contribution in [0.15, 0.2) is 30.3 Å². The number of fused-ring (bicyclic) bond motifs is 2. The van der Waals surface area contributed by atoms with Gasteiger partial charge >= 0.3 is 11.9 Å². The molecule has 4 rings (SSSR count). The highest BCUT2D eigenvalue weighted by molar-refractivity contribution is 7.20. The van der Waals surface area contributed by atoms with Crippen molar-refractivity contribution >= 4 is 45.2 Å². The van der Waals surface area contributed by atoms with Gasteiger partial charge in [-0.3, -0.25) is 19.2 Å². The molecule has 0 saturated heterocycles. The number of rotatable bonds is 15. The number of carbonyl (C=O) groups is 4. The lowest BCUT2D eigenvalue weighted by Gasteiger charge is -2.14. The molecule has 0 aliphatic carbocycles. The molecule has 42 heavy (non-hydrogen) atoms. The van der Waals surface area contributed by atoms with Gasteiger partial charge in [0, 0.05) is 43.2 Å². The normalized spacial score (nSPS) is 12.1. The highest BCUT2D eigenvalue weighted by Gasteiger charge is 2.26. The SMILES string of the molecule is COc1cc2c(cc1OCCCOc1cc3cc(C(=O)NCCC(=O)O)sc3cc1OC)CN(C(=O)CCC(=O)O)C2. The Hall–Kier alpha value is -4.52. The zero-order valence-electron chi connectivity index (χ0n) is 23.3. The maximum atomic E-state index is 12.4. The number of hydrogen-bond donors (Lipinski definition) is 3. The van der Waals surface area contributed by atoms with Crippen molar-refractivity contribution < 1.29 is 48.3 Å². The molecular weight excluding hydrogens is 568 g/mol. The summed E-state index contributed by atoms with van der Waals surface area (Å²) < 4.78 is 23.7. The molecule has 0 radical (unpaired) electrons. The number of nitrogens with one attached hydrogen (secondary N) is 1. The Morgan fingerprint density at radius 3 is 2.02 bits per heavy atom. The van der Waals surface area contributed by atoms with E-state index in [0.29, 0.717) is 60.6 Å². The van der Waals surface area contributed by atoms with E-state index in [1.165, 1.54) is 18.4 Å². The van der Waals surface area contributed by atoms with E-state index in [1.807, 2.05) is 12.1 Å². The average molecular weight is 601 g/mol. The molecule has 224 valence electrons. The third kappa shape index (κ3) is 7.60. The molecule has 0 fully saturated rings. The van der Waals surface area contributed by atoms with Gasteiger partial charge in [0.2, 0.25) is 5.91 Å². The van der Waals surface area contributed by atoms with Crippen molar-refractivity contribution in [2.24, 2.45) is 0 Å². The van der Waals surface area contributed by atoms with Gasteiger partial charge in [-0.2, -0.15) is 0 Å². The van der Waals surface area contributed by atoms with E-state index in [-0.39, 0.29) is 37.6 Å². The molecule has 0 atom stereocenters. The fourth-order valence-corrected chi connectivity index (χ4v) is 5.44. The van der Waals surface area contributed by atoms with E-state index in [2.05, 4.69) is 5.32 Å². The number of amides is 2. The quantitative estimate of drug-likeness (QED) is 0.220. The first-order valence-corrected chi connectivity index (χ1v) is 14.1. The third-order valence-corrected chi connectivity index (χ3v) is 7.66. The van der Waals surface area contributed by atoms with Crippen LogP contribution < -0.4 is 24.3 Å². The number of carboxylic acid groups (broad SMARTS) is 2. The summed E-state index contributed by atoms with van der Waals surface area (Å²) in [6.07, 6.45) is 0.148. The lowest BCUT2D eigenvalue weighted by molar-refractivity contribution is -0.141. The maximum Gasteiger partial charge on any atom is 0.305 e. The third-order valence-electron chi connectivity index (χ3n) is 6.57. The minimum atomic E-state index is -1.00. The molecule has 0 bridgehead atoms. The predicted octanol–water partition coefficient (Wildman–Crippen LogP) is 3.68. The summed E-state index contributed by atoms with van der Waals surface area (Å²) in [6.45, 7) is 1.49. The largest absolute Gasteiger partial charge is 0.493 e. The Labute approximate surface area is 245 Å². The molecule has 1 aromatic heterocycles. The standard InChI is InChI=1S/C29H32N2O10S/c1-38-20-11-18-15-31(26(32)4-5-27(33)34)16-19(18)12-23(20)41-9-3-8-40-22-10-17-13-25(29(37)30-7-6-28(35)36)42-24(17)14-21(22)39-2/h10-14H,3-9,15-16H2,1-2H3,(H,30,37)(H,33,34)(H,35,36). The van der Waals surface area contributed by atoms with Crippen molar-refractivity contribution in [3.8, 4) is 23.0 Å². The van der Waals surface area contributed by atoms with E-state index in [9.17, 15) is 19.2 Å². The van der Waals surface area contributed by atoms with Gasteiger partial charge in [-0.15, -0.1) is 11.3 Å². The first-order chi connectivity index (χ1) is 20.2. The number of benzene rings is 2. The molecule has 3 aromatic rings. The van der Waals surface area contributed by atoms with Crippen LogP contribution in [0.3, 0.4) is 0 Å². The van der Waals surface area contributed by atoms with Crippen LogP contribution in [0.5, 0.6) is 23.0 Å². The Morgan fingerprint density at radius 1 is 0.810 bits per heavy atom. The minimum absolute atomic E-state index is 0.0426. The fraction of sp³-hybridized carbons (Fsp3) is 0.379. The number of thiophene rings is 1. The minimum Gasteiger partial charge on any atom is -0.493 e. The van der Waals surface area contributed by atoms with Crippen molar-refractivity contribution in [1.82, 2.24) is 10.2 Å². The number of carboxylic acids is 2. The molecule has 1 aliphatic heterocycles. The molecule has 12 nitrogen and oxygen atoms in total. The summed E-state index contributed by atoms with van der Waals surface area (Å²) >= 11 is 1.28. The van der Waals surface area contributed by atoms with Crippen LogP contribution in [0.25, 0.3) is 10.1 Å². The lowest BCUT2D eigenvalue weighted by Crippen LogP contribution is -2.25. The van der Waals surface area contributed by atoms with Crippen LogP contribution >= 0.6 is 11.3 Å². The van der Waals surface area contributed by atoms with Crippen molar-refractivity contribution in [2.45, 2.75) is 38.8 Å². The number of ether oxygens (including phenoxy) is 4. The second-order valence-corrected chi connectivity index (χ2v) is 10.6. The van der Waals surface area contributed by atoms with Gasteiger partial charge in [-0.1, -0.05) is 0 Å². The zero-order valence-corrected chi connectivity index (χ0v) is 24.1. The Balaban J connectivity index is 1.31. The van der Waals surface area contributed by atoms with Gasteiger partial charge in [0.1, 0.15) is 0 Å². The van der Waals surface area contributed by atoms with E-state index in [4.69, 9.17) is 29.2 Å². The topological polar surface area (TPSA) is 161 Å². The molecule has 3 N–H and O–H groups in total. The molecule has 2 amide bonds. The van der Waals surface area contributed by atoms with Crippen LogP contribution in [-0.4, -0.2) is 72.8 Å². The second kappa shape index (κ2) is 13.9. The Bertz CT molecular complexity index is 1480. The van der Waals surface area contributed by atoms with E-state index in [0.717, 1.165) is 21.2 Å². The summed E-state index contributed by atoms with van der Waals surface area (Å²) in [7, 11) is 3.08. The summed E-state index contributed by atoms with van der Waals surface area (Å²) in [4.78, 5) is 48.3. The summed E-state index contributed by atoms with van der Waals surface area (Å²) in [5, 5.41) is 21.0. The Morgan fingerprint density at radius 2 is 1.40 bits per heavy atom. The number of methoxy groups -OCH3 is 2. The van der Waals surface area contributed by atoms with Crippen LogP contribution in [0.4, 0.5) is 0 Å². The molecule has 0 spiro atoms. The molecule has 2 aromatic carbocycles. The summed E-state index contributed by atoms with van der Waals surface area (Å²) in [5.74, 6) is -0.407. The maximum absolute atomic E-state index is 12.4. The highest BCUT2D eigenvalue weighted by Crippen LogP contribution is 2.37. The van der Waals surface area contributed by atoms with Gasteiger partial charge in [0.15, 0.2) is 23.0 Å². The Kier molecular flexibility index (Phi) is 10.1. The van der Waals surface area contributed by atoms with Gasteiger partial charge < -0.3 is 39.4 Å². The van der Waals surface area contributed by atoms with E-state index >= 15 is 0 Å².